The number of hydrogen-bond donors (Lipinski definition) is 0. The van der Waals surface area contributed by atoms with Gasteiger partial charge in [0.15, 0.2) is 25.0 Å². The summed E-state index contributed by atoms with van der Waals surface area (Å²) in [6.45, 7) is 41.8. The molecule has 260 valence electrons. The average molecular weight is 784 g/mol. The van der Waals surface area contributed by atoms with Gasteiger partial charge in [0, 0.05) is 6.04 Å². The van der Waals surface area contributed by atoms with E-state index in [0.29, 0.717) is 0 Å². The van der Waals surface area contributed by atoms with Crippen molar-refractivity contribution < 1.29 is 38.0 Å². The SMILES string of the molecule is CCC[Si](O[Si](C)(C)C(C)O[SiH2]O[Si](C)(C)C)(O[Si](C)(C)C(C)O[SiH2]O[Si](C)(C)C)O[Si](C)(C)C(C)O[SiH2]O[Si](C)(C)C. The molecule has 0 saturated carbocycles. The molecular formula is C24H70O9Si10. The molecule has 0 radical (unpaired) electrons. The van der Waals surface area contributed by atoms with Crippen LogP contribution in [0, 0.1) is 0 Å². The smallest absolute Gasteiger partial charge is 0.441 e. The van der Waals surface area contributed by atoms with Crippen LogP contribution in [0.4, 0.5) is 0 Å². The first-order valence-corrected chi connectivity index (χ1v) is 40.5. The largest absolute Gasteiger partial charge is 0.469 e. The third-order valence-electron chi connectivity index (χ3n) is 7.18. The molecule has 0 heterocycles. The second kappa shape index (κ2) is 18.0. The molecule has 0 spiro atoms. The monoisotopic (exact) mass is 782 g/mol. The van der Waals surface area contributed by atoms with Gasteiger partial charge in [0.2, 0.25) is 25.0 Å². The van der Waals surface area contributed by atoms with Gasteiger partial charge in [-0.3, -0.25) is 0 Å². The molecule has 0 N–H and O–H groups in total. The molecule has 43 heavy (non-hydrogen) atoms. The predicted molar refractivity (Wildman–Crippen MR) is 207 cm³/mol. The minimum Gasteiger partial charge on any atom is -0.441 e. The maximum atomic E-state index is 7.32. The maximum absolute atomic E-state index is 7.32. The van der Waals surface area contributed by atoms with Crippen molar-refractivity contribution >= 4 is 88.7 Å². The van der Waals surface area contributed by atoms with E-state index >= 15 is 0 Å². The molecule has 0 aromatic rings. The van der Waals surface area contributed by atoms with Crippen molar-refractivity contribution in [2.45, 2.75) is 156 Å². The summed E-state index contributed by atoms with van der Waals surface area (Å²) in [7, 11) is -18.8. The van der Waals surface area contributed by atoms with Crippen LogP contribution in [0.5, 0.6) is 0 Å². The Morgan fingerprint density at radius 2 is 0.674 bits per heavy atom. The summed E-state index contributed by atoms with van der Waals surface area (Å²) in [5.41, 5.74) is -0.129. The van der Waals surface area contributed by atoms with Crippen molar-refractivity contribution in [3.63, 3.8) is 0 Å². The zero-order valence-electron chi connectivity index (χ0n) is 31.4. The summed E-state index contributed by atoms with van der Waals surface area (Å²) in [5.74, 6) is 0. The van der Waals surface area contributed by atoms with Crippen LogP contribution in [0.25, 0.3) is 0 Å². The van der Waals surface area contributed by atoms with Gasteiger partial charge in [-0.1, -0.05) is 13.3 Å². The van der Waals surface area contributed by atoms with Crippen LogP contribution in [-0.4, -0.2) is 106 Å². The minimum atomic E-state index is -3.22. The van der Waals surface area contributed by atoms with Crippen molar-refractivity contribution in [2.75, 3.05) is 0 Å². The van der Waals surface area contributed by atoms with Crippen LogP contribution in [-0.2, 0) is 38.0 Å². The second-order valence-corrected chi connectivity index (χ2v) is 50.3. The lowest BCUT2D eigenvalue weighted by Gasteiger charge is -2.48. The van der Waals surface area contributed by atoms with Gasteiger partial charge in [-0.15, -0.1) is 0 Å². The fraction of sp³-hybridized carbons (Fsp3) is 1.00. The van der Waals surface area contributed by atoms with Crippen molar-refractivity contribution in [3.8, 4) is 0 Å². The van der Waals surface area contributed by atoms with E-state index in [-0.39, 0.29) is 17.2 Å². The fourth-order valence-corrected chi connectivity index (χ4v) is 29.7. The Labute approximate surface area is 280 Å². The van der Waals surface area contributed by atoms with Gasteiger partial charge in [-0.25, -0.2) is 0 Å². The molecule has 0 aromatic heterocycles. The quantitative estimate of drug-likeness (QED) is 0.127. The average Bonchev–Trinajstić information content (AvgIpc) is 2.75. The molecule has 0 saturated heterocycles. The molecule has 0 amide bonds. The highest BCUT2D eigenvalue weighted by Crippen LogP contribution is 2.34. The molecule has 3 atom stereocenters. The molecule has 0 fully saturated rings. The second-order valence-electron chi connectivity index (χ2n) is 16.1. The van der Waals surface area contributed by atoms with Crippen molar-refractivity contribution in [1.29, 1.82) is 0 Å². The van der Waals surface area contributed by atoms with Crippen LogP contribution >= 0.6 is 0 Å². The van der Waals surface area contributed by atoms with Gasteiger partial charge in [0.25, 0.3) is 30.0 Å². The van der Waals surface area contributed by atoms with Crippen molar-refractivity contribution in [3.05, 3.63) is 0 Å². The van der Waals surface area contributed by atoms with Gasteiger partial charge >= 0.3 is 8.80 Å². The van der Waals surface area contributed by atoms with Crippen LogP contribution in [0.2, 0.25) is 104 Å². The first-order valence-electron chi connectivity index (χ1n) is 15.9. The maximum Gasteiger partial charge on any atom is 0.469 e. The molecule has 3 unspecified atom stereocenters. The molecule has 0 aliphatic rings. The highest BCUT2D eigenvalue weighted by Gasteiger charge is 2.55. The van der Waals surface area contributed by atoms with Gasteiger partial charge in [-0.2, -0.15) is 0 Å². The minimum absolute atomic E-state index is 0.0431. The lowest BCUT2D eigenvalue weighted by atomic mass is 10.6. The predicted octanol–water partition coefficient (Wildman–Crippen LogP) is 5.38. The van der Waals surface area contributed by atoms with E-state index in [1.165, 1.54) is 0 Å². The van der Waals surface area contributed by atoms with Crippen LogP contribution < -0.4 is 0 Å². The normalized spacial score (nSPS) is 18.8. The van der Waals surface area contributed by atoms with E-state index in [2.05, 4.69) is 126 Å². The summed E-state index contributed by atoms with van der Waals surface area (Å²) in [5, 5.41) is 0. The van der Waals surface area contributed by atoms with E-state index in [0.717, 1.165) is 12.5 Å². The Hall–Kier alpha value is 1.81. The van der Waals surface area contributed by atoms with Crippen LogP contribution in [0.1, 0.15) is 34.1 Å². The molecule has 0 aromatic carbocycles. The third kappa shape index (κ3) is 19.4. The third-order valence-corrected chi connectivity index (χ3v) is 39.4. The molecule has 19 heteroatoms. The topological polar surface area (TPSA) is 83.1 Å². The van der Waals surface area contributed by atoms with Crippen LogP contribution in [0.15, 0.2) is 0 Å². The summed E-state index contributed by atoms with van der Waals surface area (Å²) in [6, 6.07) is 0.747. The molecular weight excluding hydrogens is 713 g/mol. The first-order chi connectivity index (χ1) is 19.1. The molecule has 0 bridgehead atoms. The van der Waals surface area contributed by atoms with E-state index in [1.807, 2.05) is 0 Å². The highest BCUT2D eigenvalue weighted by molar-refractivity contribution is 6.91. The zero-order chi connectivity index (χ0) is 34.1. The van der Waals surface area contributed by atoms with Gasteiger partial charge < -0.3 is 38.0 Å². The molecule has 0 rings (SSSR count). The van der Waals surface area contributed by atoms with Gasteiger partial charge in [-0.05, 0) is 119 Å². The van der Waals surface area contributed by atoms with Crippen molar-refractivity contribution in [2.24, 2.45) is 0 Å². The number of hydrogen-bond acceptors (Lipinski definition) is 9. The van der Waals surface area contributed by atoms with E-state index in [4.69, 9.17) is 38.0 Å². The Kier molecular flexibility index (Phi) is 18.7. The Bertz CT molecular complexity index is 704. The van der Waals surface area contributed by atoms with E-state index < -0.39 is 88.7 Å². The summed E-state index contributed by atoms with van der Waals surface area (Å²) in [6.07, 6.45) is 0.903. The van der Waals surface area contributed by atoms with Crippen molar-refractivity contribution in [1.82, 2.24) is 0 Å². The fourth-order valence-electron chi connectivity index (χ4n) is 3.51. The molecule has 0 aliphatic carbocycles. The summed E-state index contributed by atoms with van der Waals surface area (Å²) >= 11 is 0. The highest BCUT2D eigenvalue weighted by atomic mass is 28.5. The first kappa shape index (κ1) is 44.8. The summed E-state index contributed by atoms with van der Waals surface area (Å²) < 4.78 is 59.6. The zero-order valence-corrected chi connectivity index (χ0v) is 42.7. The standard InChI is InChI=1S/C24H70O9Si10/c1-20-21-43(31-40(14,15)22(2)25-34-28-37(5,6)7,32-41(16,17)23(3)26-35-29-38(8,9)10)33-42(18,19)24(4)27-36-30-39(11,12)13/h22-24H,20-21,34-36H2,1-19H3. The van der Waals surface area contributed by atoms with E-state index in [1.54, 1.807) is 0 Å². The lowest BCUT2D eigenvalue weighted by Crippen LogP contribution is -2.67. The van der Waals surface area contributed by atoms with E-state index in [9.17, 15) is 0 Å². The Morgan fingerprint density at radius 3 is 0.860 bits per heavy atom. The Morgan fingerprint density at radius 1 is 0.442 bits per heavy atom. The number of rotatable bonds is 23. The summed E-state index contributed by atoms with van der Waals surface area (Å²) in [4.78, 5) is 0. The van der Waals surface area contributed by atoms with Crippen LogP contribution in [0.3, 0.4) is 0 Å². The molecule has 9 nitrogen and oxygen atoms in total. The molecule has 0 aliphatic heterocycles. The Balaban J connectivity index is 6.29. The lowest BCUT2D eigenvalue weighted by molar-refractivity contribution is 0.178. The van der Waals surface area contributed by atoms with Gasteiger partial charge in [0.1, 0.15) is 0 Å². The van der Waals surface area contributed by atoms with Gasteiger partial charge in [0.05, 0.1) is 17.2 Å².